The van der Waals surface area contributed by atoms with Gasteiger partial charge in [-0.2, -0.15) is 13.2 Å². The van der Waals surface area contributed by atoms with Crippen LogP contribution < -0.4 is 10.2 Å². The fraction of sp³-hybridized carbons (Fsp3) is 0.650. The second-order valence-corrected chi connectivity index (χ2v) is 7.42. The highest BCUT2D eigenvalue weighted by Crippen LogP contribution is 2.31. The number of piperazine rings is 1. The third-order valence-electron chi connectivity index (χ3n) is 5.39. The van der Waals surface area contributed by atoms with Crippen LogP contribution in [0.1, 0.15) is 18.4 Å². The molecule has 0 spiro atoms. The third-order valence-corrected chi connectivity index (χ3v) is 5.39. The number of nitrogens with zero attached hydrogens (tertiary/aromatic N) is 3. The summed E-state index contributed by atoms with van der Waals surface area (Å²) in [5.74, 6) is 0. The fourth-order valence-electron chi connectivity index (χ4n) is 3.64. The van der Waals surface area contributed by atoms with Crippen LogP contribution in [-0.2, 0) is 10.9 Å². The predicted octanol–water partition coefficient (Wildman–Crippen LogP) is 2.65. The number of alkyl halides is 3. The van der Waals surface area contributed by atoms with Gasteiger partial charge in [-0.25, -0.2) is 4.79 Å². The number of carbonyl (C=O) groups excluding carboxylic acids is 1. The lowest BCUT2D eigenvalue weighted by molar-refractivity contribution is -0.137. The quantitative estimate of drug-likeness (QED) is 0.728. The van der Waals surface area contributed by atoms with E-state index >= 15 is 0 Å². The summed E-state index contributed by atoms with van der Waals surface area (Å²) >= 11 is 0. The molecule has 0 radical (unpaired) electrons. The lowest BCUT2D eigenvalue weighted by atomic mass is 10.1. The van der Waals surface area contributed by atoms with Crippen LogP contribution in [0.5, 0.6) is 0 Å². The maximum absolute atomic E-state index is 12.9. The predicted molar refractivity (Wildman–Crippen MR) is 105 cm³/mol. The molecule has 162 valence electrons. The molecule has 9 heteroatoms. The molecule has 3 rings (SSSR count). The van der Waals surface area contributed by atoms with Crippen molar-refractivity contribution in [2.24, 2.45) is 0 Å². The molecule has 2 aliphatic rings. The maximum atomic E-state index is 12.9. The lowest BCUT2D eigenvalue weighted by Crippen LogP contribution is -2.52. The molecule has 2 heterocycles. The zero-order valence-corrected chi connectivity index (χ0v) is 16.6. The van der Waals surface area contributed by atoms with Crippen LogP contribution in [0, 0.1) is 0 Å². The number of ether oxygens (including phenoxy) is 1. The van der Waals surface area contributed by atoms with E-state index in [0.717, 1.165) is 51.8 Å². The molecule has 29 heavy (non-hydrogen) atoms. The Balaban J connectivity index is 1.35. The van der Waals surface area contributed by atoms with Gasteiger partial charge in [-0.3, -0.25) is 4.90 Å². The molecule has 0 atom stereocenters. The molecule has 0 aromatic heterocycles. The van der Waals surface area contributed by atoms with Crippen LogP contribution >= 0.6 is 0 Å². The highest BCUT2D eigenvalue weighted by atomic mass is 19.4. The highest BCUT2D eigenvalue weighted by Gasteiger charge is 2.31. The molecule has 0 bridgehead atoms. The Bertz CT molecular complexity index is 657. The number of benzene rings is 1. The molecule has 2 saturated heterocycles. The van der Waals surface area contributed by atoms with Gasteiger partial charge >= 0.3 is 12.2 Å². The first kappa shape index (κ1) is 21.7. The second-order valence-electron chi connectivity index (χ2n) is 7.42. The Morgan fingerprint density at radius 3 is 2.45 bits per heavy atom. The molecule has 2 fully saturated rings. The van der Waals surface area contributed by atoms with Crippen LogP contribution in [0.2, 0.25) is 0 Å². The number of unbranched alkanes of at least 4 members (excludes halogenated alkanes) is 1. The van der Waals surface area contributed by atoms with Gasteiger partial charge in [0.2, 0.25) is 0 Å². The van der Waals surface area contributed by atoms with Crippen molar-refractivity contribution in [1.29, 1.82) is 0 Å². The average molecular weight is 414 g/mol. The summed E-state index contributed by atoms with van der Waals surface area (Å²) in [5, 5.41) is 2.95. The molecule has 0 saturated carbocycles. The van der Waals surface area contributed by atoms with Crippen molar-refractivity contribution in [3.8, 4) is 0 Å². The van der Waals surface area contributed by atoms with Crippen molar-refractivity contribution in [2.75, 3.05) is 70.5 Å². The smallest absolute Gasteiger partial charge is 0.379 e. The number of morpholine rings is 1. The van der Waals surface area contributed by atoms with Gasteiger partial charge in [0.15, 0.2) is 0 Å². The molecule has 2 aliphatic heterocycles. The molecule has 0 aliphatic carbocycles. The van der Waals surface area contributed by atoms with Crippen molar-refractivity contribution in [1.82, 2.24) is 15.1 Å². The topological polar surface area (TPSA) is 48.1 Å². The van der Waals surface area contributed by atoms with Crippen LogP contribution in [-0.4, -0.2) is 81.4 Å². The van der Waals surface area contributed by atoms with E-state index in [9.17, 15) is 18.0 Å². The molecule has 1 N–H and O–H groups in total. The number of urea groups is 1. The summed E-state index contributed by atoms with van der Waals surface area (Å²) < 4.78 is 44.0. The van der Waals surface area contributed by atoms with Gasteiger partial charge in [-0.05, 0) is 37.6 Å². The van der Waals surface area contributed by atoms with Gasteiger partial charge in [0.1, 0.15) is 0 Å². The van der Waals surface area contributed by atoms with Crippen molar-refractivity contribution in [2.45, 2.75) is 19.0 Å². The summed E-state index contributed by atoms with van der Waals surface area (Å²) in [6, 6.07) is 5.25. The summed E-state index contributed by atoms with van der Waals surface area (Å²) in [5.41, 5.74) is -0.102. The number of amides is 2. The van der Waals surface area contributed by atoms with E-state index in [1.54, 1.807) is 11.0 Å². The van der Waals surface area contributed by atoms with E-state index in [-0.39, 0.29) is 6.03 Å². The molecular formula is C20H29F3N4O2. The van der Waals surface area contributed by atoms with E-state index in [2.05, 4.69) is 10.2 Å². The van der Waals surface area contributed by atoms with Crippen molar-refractivity contribution >= 4 is 11.7 Å². The first-order valence-corrected chi connectivity index (χ1v) is 10.2. The summed E-state index contributed by atoms with van der Waals surface area (Å²) in [6.07, 6.45) is -2.39. The Morgan fingerprint density at radius 1 is 1.03 bits per heavy atom. The van der Waals surface area contributed by atoms with Crippen LogP contribution in [0.15, 0.2) is 24.3 Å². The molecule has 2 amide bonds. The number of hydrogen-bond acceptors (Lipinski definition) is 4. The minimum Gasteiger partial charge on any atom is -0.379 e. The van der Waals surface area contributed by atoms with E-state index in [1.807, 2.05) is 4.90 Å². The molecule has 1 aromatic carbocycles. The van der Waals surface area contributed by atoms with Crippen LogP contribution in [0.25, 0.3) is 0 Å². The van der Waals surface area contributed by atoms with Gasteiger partial charge in [-0.1, -0.05) is 6.07 Å². The lowest BCUT2D eigenvalue weighted by Gasteiger charge is -2.36. The Labute approximate surface area is 169 Å². The highest BCUT2D eigenvalue weighted by molar-refractivity contribution is 5.74. The van der Waals surface area contributed by atoms with Gasteiger partial charge in [0.05, 0.1) is 18.8 Å². The number of carbonyl (C=O) groups is 1. The number of hydrogen-bond donors (Lipinski definition) is 1. The van der Waals surface area contributed by atoms with Gasteiger partial charge in [0, 0.05) is 51.5 Å². The van der Waals surface area contributed by atoms with Gasteiger partial charge in [-0.15, -0.1) is 0 Å². The van der Waals surface area contributed by atoms with E-state index < -0.39 is 11.7 Å². The SMILES string of the molecule is O=C(NCCCCN1CCOCC1)N1CCN(c2cccc(C(F)(F)F)c2)CC1. The fourth-order valence-corrected chi connectivity index (χ4v) is 3.64. The maximum Gasteiger partial charge on any atom is 0.416 e. The summed E-state index contributed by atoms with van der Waals surface area (Å²) in [6.45, 7) is 7.23. The van der Waals surface area contributed by atoms with E-state index in [1.165, 1.54) is 12.1 Å². The Kier molecular flexibility index (Phi) is 7.60. The Hall–Kier alpha value is -2.00. The molecule has 1 aromatic rings. The molecular weight excluding hydrogens is 385 g/mol. The van der Waals surface area contributed by atoms with Crippen molar-refractivity contribution < 1.29 is 22.7 Å². The van der Waals surface area contributed by atoms with Crippen LogP contribution in [0.3, 0.4) is 0 Å². The van der Waals surface area contributed by atoms with E-state index in [0.29, 0.717) is 38.4 Å². The normalized spacial score (nSPS) is 18.7. The molecule has 0 unspecified atom stereocenters. The average Bonchev–Trinajstić information content (AvgIpc) is 2.74. The van der Waals surface area contributed by atoms with E-state index in [4.69, 9.17) is 4.74 Å². The largest absolute Gasteiger partial charge is 0.416 e. The van der Waals surface area contributed by atoms with Crippen molar-refractivity contribution in [3.05, 3.63) is 29.8 Å². The van der Waals surface area contributed by atoms with Gasteiger partial charge < -0.3 is 19.9 Å². The van der Waals surface area contributed by atoms with Crippen LogP contribution in [0.4, 0.5) is 23.7 Å². The molecule has 6 nitrogen and oxygen atoms in total. The monoisotopic (exact) mass is 414 g/mol. The third kappa shape index (κ3) is 6.50. The minimum absolute atomic E-state index is 0.0972. The second kappa shape index (κ2) is 10.2. The first-order valence-electron chi connectivity index (χ1n) is 10.2. The summed E-state index contributed by atoms with van der Waals surface area (Å²) in [4.78, 5) is 18.3. The van der Waals surface area contributed by atoms with Crippen molar-refractivity contribution in [3.63, 3.8) is 0 Å². The summed E-state index contributed by atoms with van der Waals surface area (Å²) in [7, 11) is 0. The Morgan fingerprint density at radius 2 is 1.76 bits per heavy atom. The number of rotatable bonds is 6. The number of anilines is 1. The minimum atomic E-state index is -4.35. The van der Waals surface area contributed by atoms with Gasteiger partial charge in [0.25, 0.3) is 0 Å². The number of halogens is 3. The number of nitrogens with one attached hydrogen (secondary N) is 1. The zero-order valence-electron chi connectivity index (χ0n) is 16.6. The first-order chi connectivity index (χ1) is 13.9. The standard InChI is InChI=1S/C20H29F3N4O2/c21-20(22,23)17-4-3-5-18(16-17)26-8-10-27(11-9-26)19(28)24-6-1-2-7-25-12-14-29-15-13-25/h3-5,16H,1-2,6-15H2,(H,24,28). The zero-order chi connectivity index (χ0) is 20.7.